The van der Waals surface area contributed by atoms with E-state index in [4.69, 9.17) is 9.26 Å². The molecule has 0 fully saturated rings. The van der Waals surface area contributed by atoms with Crippen LogP contribution in [0.2, 0.25) is 0 Å². The van der Waals surface area contributed by atoms with E-state index in [1.54, 1.807) is 6.92 Å². The minimum atomic E-state index is -0.287. The Morgan fingerprint density at radius 1 is 1.62 bits per heavy atom. The Labute approximate surface area is 95.1 Å². The zero-order chi connectivity index (χ0) is 12.0. The molecule has 0 saturated heterocycles. The lowest BCUT2D eigenvalue weighted by molar-refractivity contribution is -0.145. The molecule has 5 heteroatoms. The molecule has 0 aliphatic rings. The number of aryl methyl sites for hydroxylation is 1. The van der Waals surface area contributed by atoms with Gasteiger partial charge in [0.15, 0.2) is 5.76 Å². The Morgan fingerprint density at radius 2 is 2.38 bits per heavy atom. The fraction of sp³-hybridized carbons (Fsp3) is 0.636. The highest BCUT2D eigenvalue weighted by Gasteiger charge is 2.17. The second-order valence-corrected chi connectivity index (χ2v) is 3.53. The molecule has 1 unspecified atom stereocenters. The molecule has 1 heterocycles. The third-order valence-corrected chi connectivity index (χ3v) is 2.18. The first kappa shape index (κ1) is 12.7. The van der Waals surface area contributed by atoms with Crippen molar-refractivity contribution in [2.45, 2.75) is 39.8 Å². The molecule has 1 aromatic heterocycles. The molecule has 0 aliphatic carbocycles. The summed E-state index contributed by atoms with van der Waals surface area (Å²) in [6, 6.07) is 1.55. The van der Waals surface area contributed by atoms with Gasteiger partial charge in [0.2, 0.25) is 0 Å². The molecular formula is C11H18N2O3. The van der Waals surface area contributed by atoms with Crippen LogP contribution in [0, 0.1) is 6.92 Å². The summed E-state index contributed by atoms with van der Waals surface area (Å²) in [4.78, 5) is 11.5. The Morgan fingerprint density at radius 3 is 2.88 bits per heavy atom. The normalized spacial score (nSPS) is 12.4. The van der Waals surface area contributed by atoms with Crippen LogP contribution in [0.3, 0.4) is 0 Å². The fourth-order valence-electron chi connectivity index (χ4n) is 1.36. The average molecular weight is 226 g/mol. The van der Waals surface area contributed by atoms with Gasteiger partial charge in [0, 0.05) is 6.07 Å². The molecule has 0 bridgehead atoms. The number of rotatable bonds is 6. The van der Waals surface area contributed by atoms with Gasteiger partial charge in [-0.2, -0.15) is 0 Å². The van der Waals surface area contributed by atoms with Gasteiger partial charge in [0.05, 0.1) is 18.8 Å². The van der Waals surface area contributed by atoms with E-state index in [2.05, 4.69) is 10.5 Å². The van der Waals surface area contributed by atoms with Gasteiger partial charge in [0.1, 0.15) is 6.04 Å². The molecule has 0 radical (unpaired) electrons. The van der Waals surface area contributed by atoms with Gasteiger partial charge in [-0.15, -0.1) is 0 Å². The van der Waals surface area contributed by atoms with E-state index in [1.165, 1.54) is 0 Å². The minimum absolute atomic E-state index is 0.221. The highest BCUT2D eigenvalue weighted by Crippen LogP contribution is 2.03. The third-order valence-electron chi connectivity index (χ3n) is 2.18. The lowest BCUT2D eigenvalue weighted by Gasteiger charge is -2.13. The van der Waals surface area contributed by atoms with Crippen LogP contribution in [0.5, 0.6) is 0 Å². The SMILES string of the molecule is CCOC(=O)C(CC)NCc1cc(C)no1. The van der Waals surface area contributed by atoms with Crippen LogP contribution < -0.4 is 5.32 Å². The molecule has 1 N–H and O–H groups in total. The second-order valence-electron chi connectivity index (χ2n) is 3.53. The van der Waals surface area contributed by atoms with Crippen LogP contribution in [0.1, 0.15) is 31.7 Å². The average Bonchev–Trinajstić information content (AvgIpc) is 2.65. The topological polar surface area (TPSA) is 64.4 Å². The Hall–Kier alpha value is -1.36. The molecule has 0 spiro atoms. The van der Waals surface area contributed by atoms with Crippen molar-refractivity contribution in [3.63, 3.8) is 0 Å². The molecule has 1 atom stereocenters. The van der Waals surface area contributed by atoms with E-state index >= 15 is 0 Å². The fourth-order valence-corrected chi connectivity index (χ4v) is 1.36. The number of hydrogen-bond acceptors (Lipinski definition) is 5. The predicted molar refractivity (Wildman–Crippen MR) is 58.8 cm³/mol. The largest absolute Gasteiger partial charge is 0.465 e. The molecule has 0 amide bonds. The van der Waals surface area contributed by atoms with Gasteiger partial charge >= 0.3 is 5.97 Å². The van der Waals surface area contributed by atoms with E-state index < -0.39 is 0 Å². The first-order chi connectivity index (χ1) is 7.67. The monoisotopic (exact) mass is 226 g/mol. The summed E-state index contributed by atoms with van der Waals surface area (Å²) < 4.78 is 9.98. The number of ether oxygens (including phenoxy) is 1. The molecule has 0 aliphatic heterocycles. The van der Waals surface area contributed by atoms with Crippen molar-refractivity contribution < 1.29 is 14.1 Å². The molecule has 0 saturated carbocycles. The molecular weight excluding hydrogens is 208 g/mol. The number of carbonyl (C=O) groups is 1. The molecule has 5 nitrogen and oxygen atoms in total. The quantitative estimate of drug-likeness (QED) is 0.743. The number of esters is 1. The predicted octanol–water partition coefficient (Wildman–Crippen LogP) is 1.41. The van der Waals surface area contributed by atoms with Gasteiger partial charge in [-0.25, -0.2) is 0 Å². The minimum Gasteiger partial charge on any atom is -0.465 e. The lowest BCUT2D eigenvalue weighted by atomic mass is 10.2. The van der Waals surface area contributed by atoms with E-state index in [0.717, 1.165) is 11.5 Å². The van der Waals surface area contributed by atoms with Gasteiger partial charge in [-0.1, -0.05) is 12.1 Å². The number of carbonyl (C=O) groups excluding carboxylic acids is 1. The Balaban J connectivity index is 2.42. The van der Waals surface area contributed by atoms with Crippen LogP contribution in [-0.4, -0.2) is 23.8 Å². The van der Waals surface area contributed by atoms with Crippen LogP contribution in [0.4, 0.5) is 0 Å². The molecule has 0 aromatic carbocycles. The summed E-state index contributed by atoms with van der Waals surface area (Å²) >= 11 is 0. The highest BCUT2D eigenvalue weighted by molar-refractivity contribution is 5.75. The summed E-state index contributed by atoms with van der Waals surface area (Å²) in [7, 11) is 0. The van der Waals surface area contributed by atoms with Gasteiger partial charge in [-0.3, -0.25) is 10.1 Å². The van der Waals surface area contributed by atoms with Crippen LogP contribution >= 0.6 is 0 Å². The van der Waals surface area contributed by atoms with E-state index in [0.29, 0.717) is 19.6 Å². The van der Waals surface area contributed by atoms with Crippen LogP contribution in [-0.2, 0) is 16.1 Å². The molecule has 1 aromatic rings. The van der Waals surface area contributed by atoms with E-state index in [9.17, 15) is 4.79 Å². The Kier molecular flexibility index (Phi) is 4.98. The third kappa shape index (κ3) is 3.66. The number of aromatic nitrogens is 1. The molecule has 16 heavy (non-hydrogen) atoms. The van der Waals surface area contributed by atoms with Crippen molar-refractivity contribution in [2.24, 2.45) is 0 Å². The van der Waals surface area contributed by atoms with E-state index in [-0.39, 0.29) is 12.0 Å². The van der Waals surface area contributed by atoms with Crippen molar-refractivity contribution in [1.29, 1.82) is 0 Å². The zero-order valence-electron chi connectivity index (χ0n) is 9.95. The standard InChI is InChI=1S/C11H18N2O3/c1-4-10(11(14)15-5-2)12-7-9-6-8(3)13-16-9/h6,10,12H,4-5,7H2,1-3H3. The molecule has 90 valence electrons. The summed E-state index contributed by atoms with van der Waals surface area (Å²) in [5, 5.41) is 6.85. The Bertz CT molecular complexity index is 336. The second kappa shape index (κ2) is 6.27. The first-order valence-corrected chi connectivity index (χ1v) is 5.49. The maximum Gasteiger partial charge on any atom is 0.323 e. The van der Waals surface area contributed by atoms with Crippen molar-refractivity contribution in [3.05, 3.63) is 17.5 Å². The summed E-state index contributed by atoms with van der Waals surface area (Å²) in [6.07, 6.45) is 0.686. The maximum atomic E-state index is 11.5. The van der Waals surface area contributed by atoms with Crippen molar-refractivity contribution in [2.75, 3.05) is 6.61 Å². The first-order valence-electron chi connectivity index (χ1n) is 5.49. The van der Waals surface area contributed by atoms with Gasteiger partial charge in [-0.05, 0) is 20.3 Å². The van der Waals surface area contributed by atoms with Crippen molar-refractivity contribution in [1.82, 2.24) is 10.5 Å². The number of hydrogen-bond donors (Lipinski definition) is 1. The zero-order valence-corrected chi connectivity index (χ0v) is 9.95. The highest BCUT2D eigenvalue weighted by atomic mass is 16.5. The van der Waals surface area contributed by atoms with Gasteiger partial charge < -0.3 is 9.26 Å². The summed E-state index contributed by atoms with van der Waals surface area (Å²) in [5.74, 6) is 0.501. The summed E-state index contributed by atoms with van der Waals surface area (Å²) in [6.45, 7) is 6.47. The molecule has 1 rings (SSSR count). The maximum absolute atomic E-state index is 11.5. The lowest BCUT2D eigenvalue weighted by Crippen LogP contribution is -2.37. The van der Waals surface area contributed by atoms with E-state index in [1.807, 2.05) is 19.9 Å². The number of nitrogens with zero attached hydrogens (tertiary/aromatic N) is 1. The van der Waals surface area contributed by atoms with Crippen LogP contribution in [0.25, 0.3) is 0 Å². The van der Waals surface area contributed by atoms with Crippen molar-refractivity contribution in [3.8, 4) is 0 Å². The van der Waals surface area contributed by atoms with Crippen molar-refractivity contribution >= 4 is 5.97 Å². The number of nitrogens with one attached hydrogen (secondary N) is 1. The summed E-state index contributed by atoms with van der Waals surface area (Å²) in [5.41, 5.74) is 0.834. The van der Waals surface area contributed by atoms with Gasteiger partial charge in [0.25, 0.3) is 0 Å². The van der Waals surface area contributed by atoms with Crippen LogP contribution in [0.15, 0.2) is 10.6 Å². The smallest absolute Gasteiger partial charge is 0.323 e.